The van der Waals surface area contributed by atoms with E-state index in [-0.39, 0.29) is 5.95 Å². The van der Waals surface area contributed by atoms with Gasteiger partial charge >= 0.3 is 0 Å². The molecule has 0 spiro atoms. The summed E-state index contributed by atoms with van der Waals surface area (Å²) < 4.78 is 28.9. The molecule has 1 aromatic carbocycles. The van der Waals surface area contributed by atoms with Gasteiger partial charge in [-0.15, -0.1) is 0 Å². The van der Waals surface area contributed by atoms with Gasteiger partial charge in [0.15, 0.2) is 5.82 Å². The third-order valence-electron chi connectivity index (χ3n) is 6.80. The third-order valence-corrected chi connectivity index (χ3v) is 6.80. The number of nitrogens with zero attached hydrogens (tertiary/aromatic N) is 7. The van der Waals surface area contributed by atoms with Crippen molar-refractivity contribution < 1.29 is 13.9 Å². The molecule has 37 heavy (non-hydrogen) atoms. The van der Waals surface area contributed by atoms with Crippen LogP contribution in [0.3, 0.4) is 0 Å². The van der Waals surface area contributed by atoms with E-state index in [0.717, 1.165) is 43.4 Å². The highest BCUT2D eigenvalue weighted by atomic mass is 19.1. The highest BCUT2D eigenvalue weighted by Crippen LogP contribution is 2.28. The van der Waals surface area contributed by atoms with E-state index >= 15 is 0 Å². The summed E-state index contributed by atoms with van der Waals surface area (Å²) in [6.45, 7) is 8.62. The van der Waals surface area contributed by atoms with E-state index in [1.165, 1.54) is 12.1 Å². The van der Waals surface area contributed by atoms with Gasteiger partial charge in [0.25, 0.3) is 0 Å². The molecule has 0 bridgehead atoms. The average Bonchev–Trinajstić information content (AvgIpc) is 3.25. The summed E-state index contributed by atoms with van der Waals surface area (Å²) >= 11 is 0. The Kier molecular flexibility index (Phi) is 6.82. The number of β-amino-alcohol motifs (C(OH)–C–C–N with tert-alkyl or cyclic N) is 1. The zero-order chi connectivity index (χ0) is 26.2. The van der Waals surface area contributed by atoms with E-state index in [4.69, 9.17) is 5.73 Å². The Morgan fingerprint density at radius 2 is 1.68 bits per heavy atom. The van der Waals surface area contributed by atoms with Gasteiger partial charge in [0.2, 0.25) is 5.95 Å². The van der Waals surface area contributed by atoms with E-state index in [2.05, 4.69) is 39.0 Å². The van der Waals surface area contributed by atoms with Crippen LogP contribution in [0.5, 0.6) is 0 Å². The van der Waals surface area contributed by atoms with Crippen LogP contribution in [-0.4, -0.2) is 81.2 Å². The number of hydrogen-bond donors (Lipinski definition) is 2. The SMILES string of the molecule is CCc1c(/C=C/CN2CCN(c3cc(F)cc(F)c3)CC2)cnn1-c1cc(N2CC(C)(O)C2)nc(N)n1. The molecule has 3 aromatic rings. The number of aliphatic hydroxyl groups is 1. The van der Waals surface area contributed by atoms with Gasteiger partial charge < -0.3 is 20.6 Å². The van der Waals surface area contributed by atoms with Crippen molar-refractivity contribution in [1.82, 2.24) is 24.6 Å². The van der Waals surface area contributed by atoms with Crippen LogP contribution in [0.15, 0.2) is 36.5 Å². The van der Waals surface area contributed by atoms with Gasteiger partial charge in [0.1, 0.15) is 17.5 Å². The van der Waals surface area contributed by atoms with Crippen LogP contribution in [0.1, 0.15) is 25.1 Å². The summed E-state index contributed by atoms with van der Waals surface area (Å²) in [4.78, 5) is 15.0. The maximum absolute atomic E-state index is 13.6. The largest absolute Gasteiger partial charge is 0.386 e. The molecule has 2 aromatic heterocycles. The highest BCUT2D eigenvalue weighted by molar-refractivity contribution is 5.55. The van der Waals surface area contributed by atoms with Gasteiger partial charge in [-0.3, -0.25) is 4.90 Å². The van der Waals surface area contributed by atoms with Crippen molar-refractivity contribution >= 4 is 23.5 Å². The lowest BCUT2D eigenvalue weighted by molar-refractivity contribution is 0.0305. The number of benzene rings is 1. The molecule has 0 atom stereocenters. The van der Waals surface area contributed by atoms with Crippen LogP contribution in [0.4, 0.5) is 26.2 Å². The summed E-state index contributed by atoms with van der Waals surface area (Å²) in [5, 5.41) is 14.6. The summed E-state index contributed by atoms with van der Waals surface area (Å²) in [6, 6.07) is 5.50. The van der Waals surface area contributed by atoms with Crippen molar-refractivity contribution in [3.05, 3.63) is 59.4 Å². The second-order valence-corrected chi connectivity index (χ2v) is 9.93. The molecule has 0 saturated carbocycles. The molecule has 2 aliphatic heterocycles. The Labute approximate surface area is 214 Å². The minimum absolute atomic E-state index is 0.161. The molecule has 5 rings (SSSR count). The maximum atomic E-state index is 13.6. The fourth-order valence-electron chi connectivity index (χ4n) is 4.96. The van der Waals surface area contributed by atoms with Crippen LogP contribution < -0.4 is 15.5 Å². The molecule has 3 N–H and O–H groups in total. The highest BCUT2D eigenvalue weighted by Gasteiger charge is 2.37. The first-order valence-corrected chi connectivity index (χ1v) is 12.5. The van der Waals surface area contributed by atoms with Crippen molar-refractivity contribution in [3.63, 3.8) is 0 Å². The van der Waals surface area contributed by atoms with Crippen molar-refractivity contribution in [2.75, 3.05) is 61.3 Å². The predicted octanol–water partition coefficient (Wildman–Crippen LogP) is 2.49. The van der Waals surface area contributed by atoms with Crippen LogP contribution in [0, 0.1) is 11.6 Å². The van der Waals surface area contributed by atoms with E-state index < -0.39 is 17.2 Å². The Bertz CT molecular complexity index is 1270. The number of halogens is 2. The first kappa shape index (κ1) is 25.1. The van der Waals surface area contributed by atoms with Crippen LogP contribution in [-0.2, 0) is 6.42 Å². The smallest absolute Gasteiger partial charge is 0.224 e. The Morgan fingerprint density at radius 1 is 1.00 bits per heavy atom. The third kappa shape index (κ3) is 5.57. The minimum atomic E-state index is -0.720. The molecule has 0 radical (unpaired) electrons. The van der Waals surface area contributed by atoms with E-state index in [1.807, 2.05) is 22.1 Å². The number of aromatic nitrogens is 4. The van der Waals surface area contributed by atoms with Crippen LogP contribution in [0.25, 0.3) is 11.9 Å². The predicted molar refractivity (Wildman–Crippen MR) is 140 cm³/mol. The monoisotopic (exact) mass is 510 g/mol. The second-order valence-electron chi connectivity index (χ2n) is 9.93. The van der Waals surface area contributed by atoms with E-state index in [9.17, 15) is 13.9 Å². The topological polar surface area (TPSA) is 99.6 Å². The molecule has 4 heterocycles. The first-order chi connectivity index (χ1) is 17.7. The molecule has 0 unspecified atom stereocenters. The number of nitrogens with two attached hydrogens (primary N) is 1. The number of hydrogen-bond acceptors (Lipinski definition) is 8. The number of anilines is 3. The number of nitrogen functional groups attached to an aromatic ring is 1. The first-order valence-electron chi connectivity index (χ1n) is 12.5. The Balaban J connectivity index is 1.23. The van der Waals surface area contributed by atoms with Crippen LogP contribution in [0.2, 0.25) is 0 Å². The van der Waals surface area contributed by atoms with Crippen molar-refractivity contribution in [3.8, 4) is 5.82 Å². The van der Waals surface area contributed by atoms with E-state index in [1.54, 1.807) is 11.6 Å². The van der Waals surface area contributed by atoms with Gasteiger partial charge in [-0.2, -0.15) is 15.1 Å². The minimum Gasteiger partial charge on any atom is -0.386 e. The van der Waals surface area contributed by atoms with Gasteiger partial charge in [-0.1, -0.05) is 19.1 Å². The quantitative estimate of drug-likeness (QED) is 0.500. The van der Waals surface area contributed by atoms with Gasteiger partial charge in [-0.25, -0.2) is 13.5 Å². The average molecular weight is 511 g/mol. The maximum Gasteiger partial charge on any atom is 0.224 e. The normalized spacial score (nSPS) is 18.0. The number of piperazine rings is 1. The molecule has 9 nitrogen and oxygen atoms in total. The van der Waals surface area contributed by atoms with Gasteiger partial charge in [0.05, 0.1) is 17.5 Å². The Hall–Kier alpha value is -3.57. The Morgan fingerprint density at radius 3 is 2.32 bits per heavy atom. The molecular weight excluding hydrogens is 478 g/mol. The molecule has 0 amide bonds. The molecule has 2 aliphatic rings. The molecule has 196 valence electrons. The van der Waals surface area contributed by atoms with Crippen molar-refractivity contribution in [1.29, 1.82) is 0 Å². The second kappa shape index (κ2) is 10.1. The molecule has 0 aliphatic carbocycles. The van der Waals surface area contributed by atoms with Crippen molar-refractivity contribution in [2.45, 2.75) is 25.9 Å². The zero-order valence-corrected chi connectivity index (χ0v) is 21.1. The molecular formula is C26H32F2N8O. The van der Waals surface area contributed by atoms with Gasteiger partial charge in [0, 0.05) is 69.2 Å². The fraction of sp³-hybridized carbons (Fsp3) is 0.423. The molecule has 11 heteroatoms. The molecule has 2 saturated heterocycles. The summed E-state index contributed by atoms with van der Waals surface area (Å²) in [5.74, 6) is 0.317. The standard InChI is InChI=1S/C26H32F2N8O/c1-3-22-18(5-4-6-33-7-9-34(10-8-33)21-12-19(27)11-20(28)13-21)15-30-36(22)24-14-23(31-25(29)32-24)35-16-26(2,37)17-35/h4-5,11-15,37H,3,6-10,16-17H2,1-2H3,(H2,29,31,32)/b5-4+. The lowest BCUT2D eigenvalue weighted by atomic mass is 9.97. The van der Waals surface area contributed by atoms with Crippen LogP contribution >= 0.6 is 0 Å². The van der Waals surface area contributed by atoms with E-state index in [0.29, 0.717) is 43.5 Å². The lowest BCUT2D eigenvalue weighted by Gasteiger charge is -2.44. The zero-order valence-electron chi connectivity index (χ0n) is 21.1. The fourth-order valence-corrected chi connectivity index (χ4v) is 4.96. The van der Waals surface area contributed by atoms with Crippen molar-refractivity contribution in [2.24, 2.45) is 0 Å². The lowest BCUT2D eigenvalue weighted by Crippen LogP contribution is -2.60. The number of rotatable bonds is 7. The molecule has 2 fully saturated rings. The summed E-state index contributed by atoms with van der Waals surface area (Å²) in [7, 11) is 0. The van der Waals surface area contributed by atoms with Gasteiger partial charge in [-0.05, 0) is 25.5 Å². The summed E-state index contributed by atoms with van der Waals surface area (Å²) in [5.41, 5.74) is 7.87. The summed E-state index contributed by atoms with van der Waals surface area (Å²) in [6.07, 6.45) is 6.74.